The van der Waals surface area contributed by atoms with Gasteiger partial charge in [-0.15, -0.1) is 0 Å². The maximum Gasteiger partial charge on any atom is 0.414 e. The molecule has 5 rings (SSSR count). The lowest BCUT2D eigenvalue weighted by molar-refractivity contribution is 0.0503. The van der Waals surface area contributed by atoms with E-state index in [-0.39, 0.29) is 12.1 Å². The largest absolute Gasteiger partial charge is 0.486 e. The lowest BCUT2D eigenvalue weighted by Gasteiger charge is -2.24. The highest BCUT2D eigenvalue weighted by Crippen LogP contribution is 2.35. The molecule has 4 heterocycles. The van der Waals surface area contributed by atoms with E-state index in [0.717, 1.165) is 11.1 Å². The third-order valence-corrected chi connectivity index (χ3v) is 6.51. The van der Waals surface area contributed by atoms with Gasteiger partial charge in [0.2, 0.25) is 5.88 Å². The van der Waals surface area contributed by atoms with Crippen LogP contribution < -0.4 is 29.7 Å². The second-order valence-electron chi connectivity index (χ2n) is 10.8. The fourth-order valence-corrected chi connectivity index (χ4v) is 4.71. The van der Waals surface area contributed by atoms with E-state index in [1.807, 2.05) is 39.0 Å². The Morgan fingerprint density at radius 1 is 1.15 bits per heavy atom. The summed E-state index contributed by atoms with van der Waals surface area (Å²) in [4.78, 5) is 35.9. The SMILES string of the molecule is COc1ccc2nccc(CC(CNC[C@@H]3CN(c4ccc5c(c4)OCCO5)C(=O)O3)NC(=O)OC(C)(C)C)c2n1. The van der Waals surface area contributed by atoms with E-state index in [0.29, 0.717) is 67.9 Å². The first-order valence-electron chi connectivity index (χ1n) is 13.5. The van der Waals surface area contributed by atoms with Crippen LogP contribution in [0.25, 0.3) is 11.0 Å². The van der Waals surface area contributed by atoms with Gasteiger partial charge in [0.25, 0.3) is 0 Å². The number of pyridine rings is 2. The lowest BCUT2D eigenvalue weighted by Crippen LogP contribution is -2.47. The van der Waals surface area contributed by atoms with E-state index in [4.69, 9.17) is 23.7 Å². The Morgan fingerprint density at radius 2 is 1.95 bits per heavy atom. The average Bonchev–Trinajstić information content (AvgIpc) is 3.31. The molecule has 2 aromatic heterocycles. The number of hydrogen-bond acceptors (Lipinski definition) is 10. The van der Waals surface area contributed by atoms with Crippen LogP contribution in [0.2, 0.25) is 0 Å². The summed E-state index contributed by atoms with van der Waals surface area (Å²) in [5.41, 5.74) is 2.36. The number of nitrogens with zero attached hydrogens (tertiary/aromatic N) is 3. The molecule has 2 aliphatic heterocycles. The second kappa shape index (κ2) is 12.0. The van der Waals surface area contributed by atoms with Crippen LogP contribution in [0.4, 0.5) is 15.3 Å². The Kier molecular flexibility index (Phi) is 8.29. The molecule has 1 aromatic carbocycles. The molecule has 2 atom stereocenters. The molecule has 0 spiro atoms. The molecule has 1 saturated heterocycles. The maximum atomic E-state index is 12.7. The van der Waals surface area contributed by atoms with Gasteiger partial charge >= 0.3 is 12.2 Å². The van der Waals surface area contributed by atoms with Crippen molar-refractivity contribution in [2.45, 2.75) is 44.9 Å². The molecule has 1 fully saturated rings. The first-order valence-corrected chi connectivity index (χ1v) is 13.5. The van der Waals surface area contributed by atoms with Gasteiger partial charge in [0.15, 0.2) is 11.5 Å². The summed E-state index contributed by atoms with van der Waals surface area (Å²) in [5, 5.41) is 6.32. The van der Waals surface area contributed by atoms with Gasteiger partial charge in [-0.3, -0.25) is 9.88 Å². The Bertz CT molecular complexity index is 1410. The minimum atomic E-state index is -0.643. The quantitative estimate of drug-likeness (QED) is 0.397. The highest BCUT2D eigenvalue weighted by atomic mass is 16.6. The van der Waals surface area contributed by atoms with E-state index in [1.165, 1.54) is 0 Å². The number of methoxy groups -OCH3 is 1. The Labute approximate surface area is 238 Å². The van der Waals surface area contributed by atoms with E-state index >= 15 is 0 Å². The number of cyclic esters (lactones) is 1. The molecular formula is C29H35N5O7. The Hall–Kier alpha value is -4.32. The van der Waals surface area contributed by atoms with Gasteiger partial charge in [-0.1, -0.05) is 0 Å². The number of benzene rings is 1. The van der Waals surface area contributed by atoms with Crippen molar-refractivity contribution in [3.8, 4) is 17.4 Å². The van der Waals surface area contributed by atoms with Gasteiger partial charge in [-0.05, 0) is 57.0 Å². The molecule has 2 amide bonds. The van der Waals surface area contributed by atoms with Crippen molar-refractivity contribution in [3.05, 3.63) is 48.2 Å². The normalized spacial score (nSPS) is 17.2. The number of carbonyl (C=O) groups is 2. The number of amides is 2. The molecule has 41 heavy (non-hydrogen) atoms. The van der Waals surface area contributed by atoms with Crippen molar-refractivity contribution in [1.29, 1.82) is 0 Å². The van der Waals surface area contributed by atoms with Crippen molar-refractivity contribution in [1.82, 2.24) is 20.6 Å². The number of alkyl carbamates (subject to hydrolysis) is 1. The van der Waals surface area contributed by atoms with Crippen LogP contribution in [0, 0.1) is 0 Å². The van der Waals surface area contributed by atoms with Gasteiger partial charge in [0.05, 0.1) is 30.4 Å². The summed E-state index contributed by atoms with van der Waals surface area (Å²) in [5.74, 6) is 1.74. The van der Waals surface area contributed by atoms with Crippen LogP contribution in [-0.4, -0.2) is 79.9 Å². The van der Waals surface area contributed by atoms with Crippen molar-refractivity contribution in [3.63, 3.8) is 0 Å². The van der Waals surface area contributed by atoms with Crippen molar-refractivity contribution < 1.29 is 33.3 Å². The van der Waals surface area contributed by atoms with Gasteiger partial charge in [0, 0.05) is 37.5 Å². The van der Waals surface area contributed by atoms with Crippen LogP contribution in [-0.2, 0) is 15.9 Å². The summed E-state index contributed by atoms with van der Waals surface area (Å²) >= 11 is 0. The zero-order valence-corrected chi connectivity index (χ0v) is 23.6. The van der Waals surface area contributed by atoms with Crippen molar-refractivity contribution in [2.75, 3.05) is 44.9 Å². The third kappa shape index (κ3) is 7.07. The summed E-state index contributed by atoms with van der Waals surface area (Å²) in [6.45, 7) is 7.56. The molecule has 1 unspecified atom stereocenters. The van der Waals surface area contributed by atoms with Gasteiger partial charge < -0.3 is 34.3 Å². The number of nitrogens with one attached hydrogen (secondary N) is 2. The minimum absolute atomic E-state index is 0.352. The first-order chi connectivity index (χ1) is 19.7. The van der Waals surface area contributed by atoms with E-state index in [9.17, 15) is 9.59 Å². The molecule has 0 bridgehead atoms. The predicted octanol–water partition coefficient (Wildman–Crippen LogP) is 3.46. The topological polar surface area (TPSA) is 133 Å². The molecule has 0 radical (unpaired) electrons. The summed E-state index contributed by atoms with van der Waals surface area (Å²) in [6.07, 6.45) is 0.837. The molecule has 0 saturated carbocycles. The highest BCUT2D eigenvalue weighted by Gasteiger charge is 2.33. The van der Waals surface area contributed by atoms with Crippen LogP contribution in [0.5, 0.6) is 17.4 Å². The third-order valence-electron chi connectivity index (χ3n) is 6.51. The number of rotatable bonds is 9. The Morgan fingerprint density at radius 3 is 2.73 bits per heavy atom. The van der Waals surface area contributed by atoms with E-state index in [1.54, 1.807) is 36.4 Å². The van der Waals surface area contributed by atoms with Crippen molar-refractivity contribution >= 4 is 28.9 Å². The fraction of sp³-hybridized carbons (Fsp3) is 0.448. The summed E-state index contributed by atoms with van der Waals surface area (Å²) in [6, 6.07) is 10.5. The number of aromatic nitrogens is 2. The molecule has 0 aliphatic carbocycles. The zero-order chi connectivity index (χ0) is 29.0. The zero-order valence-electron chi connectivity index (χ0n) is 23.6. The number of carbonyl (C=O) groups excluding carboxylic acids is 2. The standard InChI is InChI=1S/C29H35N5O7/c1-29(2,3)41-27(35)32-19(13-18-9-10-31-22-6-8-25(37-4)33-26(18)22)15-30-16-21-17-34(28(36)40-21)20-5-7-23-24(14-20)39-12-11-38-23/h5-10,14,19,21,30H,11-13,15-17H2,1-4H3,(H,32,35)/t19?,21-/m1/s1. The molecule has 2 aliphatic rings. The number of fused-ring (bicyclic) bond motifs is 2. The van der Waals surface area contributed by atoms with Crippen LogP contribution in [0.3, 0.4) is 0 Å². The van der Waals surface area contributed by atoms with Gasteiger partial charge in [-0.2, -0.15) is 0 Å². The van der Waals surface area contributed by atoms with Gasteiger partial charge in [-0.25, -0.2) is 14.6 Å². The average molecular weight is 566 g/mol. The minimum Gasteiger partial charge on any atom is -0.486 e. The number of hydrogen-bond donors (Lipinski definition) is 2. The Balaban J connectivity index is 1.24. The van der Waals surface area contributed by atoms with Crippen LogP contribution in [0.15, 0.2) is 42.6 Å². The van der Waals surface area contributed by atoms with Crippen LogP contribution >= 0.6 is 0 Å². The van der Waals surface area contributed by atoms with Gasteiger partial charge in [0.1, 0.15) is 24.9 Å². The number of ether oxygens (including phenoxy) is 5. The fourth-order valence-electron chi connectivity index (χ4n) is 4.71. The maximum absolute atomic E-state index is 12.7. The molecule has 3 aromatic rings. The molecule has 12 heteroatoms. The molecule has 2 N–H and O–H groups in total. The highest BCUT2D eigenvalue weighted by molar-refractivity contribution is 5.90. The first kappa shape index (κ1) is 28.2. The molecule has 12 nitrogen and oxygen atoms in total. The van der Waals surface area contributed by atoms with Crippen LogP contribution in [0.1, 0.15) is 26.3 Å². The smallest absolute Gasteiger partial charge is 0.414 e. The van der Waals surface area contributed by atoms with E-state index < -0.39 is 17.8 Å². The predicted molar refractivity (Wildman–Crippen MR) is 151 cm³/mol. The van der Waals surface area contributed by atoms with Crippen molar-refractivity contribution in [2.24, 2.45) is 0 Å². The van der Waals surface area contributed by atoms with E-state index in [2.05, 4.69) is 20.6 Å². The molecule has 218 valence electrons. The second-order valence-corrected chi connectivity index (χ2v) is 10.8. The number of anilines is 1. The monoisotopic (exact) mass is 565 g/mol. The summed E-state index contributed by atoms with van der Waals surface area (Å²) < 4.78 is 27.6. The lowest BCUT2D eigenvalue weighted by atomic mass is 10.0. The summed E-state index contributed by atoms with van der Waals surface area (Å²) in [7, 11) is 1.56. The molecular weight excluding hydrogens is 530 g/mol.